The van der Waals surface area contributed by atoms with Crippen molar-refractivity contribution in [2.24, 2.45) is 11.8 Å². The normalized spacial score (nSPS) is 31.6. The van der Waals surface area contributed by atoms with E-state index in [1.807, 2.05) is 54.6 Å². The largest absolute Gasteiger partial charge is 0.465 e. The minimum absolute atomic E-state index is 0.265. The summed E-state index contributed by atoms with van der Waals surface area (Å²) in [6.07, 6.45) is 10.5. The van der Waals surface area contributed by atoms with Crippen molar-refractivity contribution in [3.63, 3.8) is 0 Å². The number of thioether (sulfide) groups is 1. The summed E-state index contributed by atoms with van der Waals surface area (Å²) in [6, 6.07) is 14.6. The number of carbonyl (C=O) groups is 3. The first-order chi connectivity index (χ1) is 19.5. The average Bonchev–Trinajstić information content (AvgIpc) is 3.35. The molecule has 0 aromatic heterocycles. The number of cyclic esters (lactones) is 1. The number of hydrogen-bond acceptors (Lipinski definition) is 6. The Balaban J connectivity index is 1.52. The van der Waals surface area contributed by atoms with Crippen LogP contribution in [0.4, 0.5) is 5.69 Å². The zero-order valence-electron chi connectivity index (χ0n) is 21.9. The molecule has 2 saturated heterocycles. The number of ether oxygens (including phenoxy) is 1. The Hall–Kier alpha value is -3.07. The minimum Gasteiger partial charge on any atom is -0.465 e. The van der Waals surface area contributed by atoms with E-state index in [0.717, 1.165) is 19.3 Å². The highest BCUT2D eigenvalue weighted by Crippen LogP contribution is 2.62. The number of rotatable bonds is 4. The van der Waals surface area contributed by atoms with E-state index in [0.29, 0.717) is 22.9 Å². The number of halogens is 1. The highest BCUT2D eigenvalue weighted by Gasteiger charge is 2.71. The van der Waals surface area contributed by atoms with Gasteiger partial charge in [-0.15, -0.1) is 11.8 Å². The van der Waals surface area contributed by atoms with Crippen LogP contribution >= 0.6 is 23.4 Å². The van der Waals surface area contributed by atoms with Crippen LogP contribution in [0.3, 0.4) is 0 Å². The van der Waals surface area contributed by atoms with Gasteiger partial charge in [0, 0.05) is 11.8 Å². The van der Waals surface area contributed by atoms with Crippen molar-refractivity contribution in [3.05, 3.63) is 89.5 Å². The molecule has 2 amide bonds. The van der Waals surface area contributed by atoms with Crippen molar-refractivity contribution in [1.82, 2.24) is 4.90 Å². The van der Waals surface area contributed by atoms with Gasteiger partial charge in [0.05, 0.1) is 46.5 Å². The summed E-state index contributed by atoms with van der Waals surface area (Å²) in [4.78, 5) is 45.9. The molecule has 208 valence electrons. The molecule has 4 aliphatic rings. The van der Waals surface area contributed by atoms with Gasteiger partial charge in [-0.2, -0.15) is 0 Å². The number of aliphatic hydroxyl groups is 1. The van der Waals surface area contributed by atoms with Crippen LogP contribution in [0, 0.1) is 11.8 Å². The molecular weight excluding hydrogens is 548 g/mol. The third-order valence-corrected chi connectivity index (χ3v) is 10.4. The molecule has 0 aliphatic carbocycles. The van der Waals surface area contributed by atoms with Gasteiger partial charge < -0.3 is 19.6 Å². The molecule has 1 unspecified atom stereocenters. The maximum atomic E-state index is 14.7. The monoisotopic (exact) mass is 578 g/mol. The molecule has 1 spiro atoms. The maximum absolute atomic E-state index is 14.7. The zero-order valence-corrected chi connectivity index (χ0v) is 23.5. The molecule has 7 nitrogen and oxygen atoms in total. The molecule has 6 atom stereocenters. The number of fused-ring (bicyclic) bond motifs is 2. The van der Waals surface area contributed by atoms with Gasteiger partial charge in [0.15, 0.2) is 0 Å². The lowest BCUT2D eigenvalue weighted by atomic mass is 9.78. The molecular formula is C31H31ClN2O5S. The SMILES string of the molecule is O=C1OCCCC/C=C\[C@H]2S[C@]34C=CCN(c5ccccc5Cl)C(=O)C3N([C@H](CO)c3ccccc3)C(=O)[C@@H]4[C@@H]12. The molecule has 9 heteroatoms. The number of esters is 1. The van der Waals surface area contributed by atoms with Gasteiger partial charge in [-0.25, -0.2) is 0 Å². The first kappa shape index (κ1) is 27.1. The zero-order chi connectivity index (χ0) is 27.9. The van der Waals surface area contributed by atoms with Crippen molar-refractivity contribution < 1.29 is 24.2 Å². The molecule has 6 rings (SSSR count). The molecule has 4 heterocycles. The first-order valence-corrected chi connectivity index (χ1v) is 15.0. The van der Waals surface area contributed by atoms with Crippen LogP contribution < -0.4 is 4.90 Å². The summed E-state index contributed by atoms with van der Waals surface area (Å²) in [5, 5.41) is 10.8. The topological polar surface area (TPSA) is 87.2 Å². The number of amides is 2. The maximum Gasteiger partial charge on any atom is 0.311 e. The van der Waals surface area contributed by atoms with Gasteiger partial charge in [0.25, 0.3) is 5.91 Å². The third-order valence-electron chi connectivity index (χ3n) is 8.38. The summed E-state index contributed by atoms with van der Waals surface area (Å²) in [5.74, 6) is -2.61. The number of aliphatic hydroxyl groups excluding tert-OH is 1. The standard InChI is InChI=1S/C31H31ClN2O5S/c32-21-13-7-8-14-22(21)33-17-10-16-31-26(25-24(40-31)15-6-1-2-9-18-39-30(25)38)28(36)34(27(31)29(33)37)23(19-35)20-11-4-3-5-12-20/h3-8,10-16,23-27,35H,1-2,9,17-19H2/b15-6-/t23-,24-,25+,26+,27?,31+/m1/s1. The van der Waals surface area contributed by atoms with Crippen LogP contribution in [-0.4, -0.2) is 63.6 Å². The Morgan fingerprint density at radius 2 is 1.80 bits per heavy atom. The van der Waals surface area contributed by atoms with E-state index in [2.05, 4.69) is 6.08 Å². The minimum atomic E-state index is -1.03. The van der Waals surface area contributed by atoms with Crippen LogP contribution in [0.5, 0.6) is 0 Å². The Morgan fingerprint density at radius 3 is 2.58 bits per heavy atom. The number of para-hydroxylation sites is 1. The Morgan fingerprint density at radius 1 is 1.02 bits per heavy atom. The molecule has 1 N–H and O–H groups in total. The fourth-order valence-corrected chi connectivity index (χ4v) is 8.83. The van der Waals surface area contributed by atoms with E-state index in [4.69, 9.17) is 16.3 Å². The van der Waals surface area contributed by atoms with Gasteiger partial charge in [-0.1, -0.05) is 78.4 Å². The van der Waals surface area contributed by atoms with Crippen molar-refractivity contribution in [1.29, 1.82) is 0 Å². The highest BCUT2D eigenvalue weighted by atomic mass is 35.5. The molecule has 4 aliphatic heterocycles. The third kappa shape index (κ3) is 4.37. The van der Waals surface area contributed by atoms with E-state index >= 15 is 0 Å². The smallest absolute Gasteiger partial charge is 0.311 e. The summed E-state index contributed by atoms with van der Waals surface area (Å²) < 4.78 is 4.66. The summed E-state index contributed by atoms with van der Waals surface area (Å²) >= 11 is 8.04. The molecule has 2 fully saturated rings. The second-order valence-electron chi connectivity index (χ2n) is 10.6. The fraction of sp³-hybridized carbons (Fsp3) is 0.387. The molecule has 0 bridgehead atoms. The fourth-order valence-electron chi connectivity index (χ4n) is 6.61. The quantitative estimate of drug-likeness (QED) is 0.423. The van der Waals surface area contributed by atoms with Crippen LogP contribution in [0.2, 0.25) is 5.02 Å². The van der Waals surface area contributed by atoms with Crippen molar-refractivity contribution >= 4 is 46.8 Å². The number of likely N-dealkylation sites (tertiary alicyclic amines) is 1. The lowest BCUT2D eigenvalue weighted by Gasteiger charge is -2.38. The second kappa shape index (κ2) is 11.1. The lowest BCUT2D eigenvalue weighted by molar-refractivity contribution is -0.153. The van der Waals surface area contributed by atoms with E-state index in [1.165, 1.54) is 16.7 Å². The number of allylic oxidation sites excluding steroid dienone is 1. The summed E-state index contributed by atoms with van der Waals surface area (Å²) in [7, 11) is 0. The summed E-state index contributed by atoms with van der Waals surface area (Å²) in [5.41, 5.74) is 1.27. The number of benzene rings is 2. The second-order valence-corrected chi connectivity index (χ2v) is 12.5. The molecule has 2 aromatic carbocycles. The molecule has 2 aromatic rings. The van der Waals surface area contributed by atoms with Gasteiger partial charge in [0.1, 0.15) is 6.04 Å². The number of nitrogens with zero attached hydrogens (tertiary/aromatic N) is 2. The van der Waals surface area contributed by atoms with Crippen LogP contribution in [-0.2, 0) is 19.1 Å². The average molecular weight is 579 g/mol. The number of carbonyl (C=O) groups excluding carboxylic acids is 3. The molecule has 0 radical (unpaired) electrons. The molecule has 0 saturated carbocycles. The first-order valence-electron chi connectivity index (χ1n) is 13.7. The van der Waals surface area contributed by atoms with Crippen molar-refractivity contribution in [2.45, 2.75) is 41.3 Å². The van der Waals surface area contributed by atoms with Crippen LogP contribution in [0.1, 0.15) is 30.9 Å². The Bertz CT molecular complexity index is 1370. The Kier molecular flexibility index (Phi) is 7.50. The van der Waals surface area contributed by atoms with Gasteiger partial charge in [-0.3, -0.25) is 14.4 Å². The highest BCUT2D eigenvalue weighted by molar-refractivity contribution is 8.02. The van der Waals surface area contributed by atoms with E-state index < -0.39 is 34.6 Å². The van der Waals surface area contributed by atoms with Crippen molar-refractivity contribution in [2.75, 3.05) is 24.7 Å². The Labute approximate surface area is 242 Å². The van der Waals surface area contributed by atoms with Crippen molar-refractivity contribution in [3.8, 4) is 0 Å². The molecule has 40 heavy (non-hydrogen) atoms. The van der Waals surface area contributed by atoms with Gasteiger partial charge in [-0.05, 0) is 37.0 Å². The number of hydrogen-bond donors (Lipinski definition) is 1. The number of anilines is 1. The van der Waals surface area contributed by atoms with E-state index in [1.54, 1.807) is 23.1 Å². The van der Waals surface area contributed by atoms with Gasteiger partial charge in [0.2, 0.25) is 5.91 Å². The summed E-state index contributed by atoms with van der Waals surface area (Å²) in [6.45, 7) is 0.197. The lowest BCUT2D eigenvalue weighted by Crippen LogP contribution is -2.54. The van der Waals surface area contributed by atoms with Gasteiger partial charge >= 0.3 is 5.97 Å². The van der Waals surface area contributed by atoms with E-state index in [-0.39, 0.29) is 30.2 Å². The predicted octanol–water partition coefficient (Wildman–Crippen LogP) is 4.56. The predicted molar refractivity (Wildman–Crippen MR) is 155 cm³/mol. The van der Waals surface area contributed by atoms with E-state index in [9.17, 15) is 19.5 Å². The van der Waals surface area contributed by atoms with Crippen LogP contribution in [0.15, 0.2) is 78.9 Å². The van der Waals surface area contributed by atoms with Crippen LogP contribution in [0.25, 0.3) is 0 Å².